The monoisotopic (exact) mass is 314 g/mol. The number of amides is 1. The molecule has 1 aliphatic heterocycles. The van der Waals surface area contributed by atoms with Gasteiger partial charge in [0.2, 0.25) is 5.88 Å². The average molecular weight is 314 g/mol. The Labute approximate surface area is 134 Å². The Morgan fingerprint density at radius 2 is 2.17 bits per heavy atom. The molecule has 120 valence electrons. The molecule has 1 amide bonds. The summed E-state index contributed by atoms with van der Waals surface area (Å²) in [6.45, 7) is 3.74. The van der Waals surface area contributed by atoms with Crippen molar-refractivity contribution in [3.8, 4) is 5.88 Å². The lowest BCUT2D eigenvalue weighted by atomic mass is 10.2. The summed E-state index contributed by atoms with van der Waals surface area (Å²) in [5, 5.41) is 0. The molecule has 2 aromatic rings. The van der Waals surface area contributed by atoms with E-state index in [1.165, 1.54) is 18.7 Å². The summed E-state index contributed by atoms with van der Waals surface area (Å²) in [5.74, 6) is 0.415. The minimum Gasteiger partial charge on any atom is -0.470 e. The molecule has 1 saturated heterocycles. The summed E-state index contributed by atoms with van der Waals surface area (Å²) < 4.78 is 11.4. The van der Waals surface area contributed by atoms with Crippen LogP contribution in [0.5, 0.6) is 5.88 Å². The molecular formula is C16H18N4O3. The third kappa shape index (κ3) is 4.01. The van der Waals surface area contributed by atoms with Crippen LogP contribution in [0.4, 0.5) is 0 Å². The summed E-state index contributed by atoms with van der Waals surface area (Å²) in [4.78, 5) is 26.3. The molecule has 7 heteroatoms. The van der Waals surface area contributed by atoms with Crippen molar-refractivity contribution in [3.63, 3.8) is 0 Å². The third-order valence-corrected chi connectivity index (χ3v) is 3.48. The predicted molar refractivity (Wildman–Crippen MR) is 82.1 cm³/mol. The topological polar surface area (TPSA) is 77.4 Å². The van der Waals surface area contributed by atoms with Crippen molar-refractivity contribution in [2.45, 2.75) is 13.0 Å². The number of carbonyl (C=O) groups is 1. The standard InChI is InChI=1S/C16H18N4O3/c1-12-3-2-4-15(19-12)23-14-9-20(5-6-22-10-14)16(21)13-7-17-11-18-8-13/h2-4,7-8,11,14H,5-6,9-10H2,1H3/t14-/m1/s1. The van der Waals surface area contributed by atoms with Crippen LogP contribution in [0.1, 0.15) is 16.1 Å². The largest absolute Gasteiger partial charge is 0.470 e. The van der Waals surface area contributed by atoms with E-state index in [9.17, 15) is 4.79 Å². The maximum absolute atomic E-state index is 12.5. The van der Waals surface area contributed by atoms with E-state index in [0.29, 0.717) is 37.7 Å². The highest BCUT2D eigenvalue weighted by atomic mass is 16.5. The zero-order chi connectivity index (χ0) is 16.1. The number of nitrogens with zero attached hydrogens (tertiary/aromatic N) is 4. The lowest BCUT2D eigenvalue weighted by Gasteiger charge is -2.23. The van der Waals surface area contributed by atoms with E-state index in [1.807, 2.05) is 19.1 Å². The van der Waals surface area contributed by atoms with Gasteiger partial charge in [-0.2, -0.15) is 0 Å². The van der Waals surface area contributed by atoms with E-state index in [1.54, 1.807) is 11.0 Å². The van der Waals surface area contributed by atoms with Crippen molar-refractivity contribution in [2.75, 3.05) is 26.3 Å². The fourth-order valence-electron chi connectivity index (χ4n) is 2.38. The van der Waals surface area contributed by atoms with Gasteiger partial charge >= 0.3 is 0 Å². The molecule has 3 rings (SSSR count). The number of pyridine rings is 1. The van der Waals surface area contributed by atoms with Crippen molar-refractivity contribution in [1.82, 2.24) is 19.9 Å². The Morgan fingerprint density at radius 3 is 2.96 bits per heavy atom. The van der Waals surface area contributed by atoms with Gasteiger partial charge in [-0.15, -0.1) is 0 Å². The molecule has 1 fully saturated rings. The molecule has 0 saturated carbocycles. The van der Waals surface area contributed by atoms with Gasteiger partial charge in [-0.05, 0) is 13.0 Å². The molecule has 1 aliphatic rings. The average Bonchev–Trinajstić information content (AvgIpc) is 2.80. The molecule has 0 radical (unpaired) electrons. The second kappa shape index (κ2) is 7.15. The lowest BCUT2D eigenvalue weighted by Crippen LogP contribution is -2.40. The Hall–Kier alpha value is -2.54. The maximum atomic E-state index is 12.5. The zero-order valence-electron chi connectivity index (χ0n) is 12.9. The molecule has 0 aromatic carbocycles. The summed E-state index contributed by atoms with van der Waals surface area (Å²) in [5.41, 5.74) is 1.34. The van der Waals surface area contributed by atoms with Gasteiger partial charge in [0, 0.05) is 30.7 Å². The number of aryl methyl sites for hydroxylation is 1. The first-order chi connectivity index (χ1) is 11.2. The van der Waals surface area contributed by atoms with Gasteiger partial charge in [-0.25, -0.2) is 15.0 Å². The van der Waals surface area contributed by atoms with Crippen LogP contribution in [0.2, 0.25) is 0 Å². The molecule has 0 unspecified atom stereocenters. The Balaban J connectivity index is 1.70. The van der Waals surface area contributed by atoms with E-state index in [4.69, 9.17) is 9.47 Å². The second-order valence-electron chi connectivity index (χ2n) is 5.31. The highest BCUT2D eigenvalue weighted by Crippen LogP contribution is 2.13. The summed E-state index contributed by atoms with van der Waals surface area (Å²) in [7, 11) is 0. The Bertz CT molecular complexity index is 665. The molecule has 23 heavy (non-hydrogen) atoms. The van der Waals surface area contributed by atoms with Crippen LogP contribution < -0.4 is 4.74 Å². The molecule has 0 bridgehead atoms. The molecule has 1 atom stereocenters. The normalized spacial score (nSPS) is 18.3. The van der Waals surface area contributed by atoms with Crippen LogP contribution in [0.3, 0.4) is 0 Å². The molecule has 3 heterocycles. The molecular weight excluding hydrogens is 296 g/mol. The van der Waals surface area contributed by atoms with Crippen molar-refractivity contribution in [2.24, 2.45) is 0 Å². The van der Waals surface area contributed by atoms with Gasteiger partial charge in [-0.3, -0.25) is 4.79 Å². The number of rotatable bonds is 3. The second-order valence-corrected chi connectivity index (χ2v) is 5.31. The first-order valence-electron chi connectivity index (χ1n) is 7.45. The number of carbonyl (C=O) groups excluding carboxylic acids is 1. The summed E-state index contributed by atoms with van der Waals surface area (Å²) >= 11 is 0. The summed E-state index contributed by atoms with van der Waals surface area (Å²) in [6.07, 6.45) is 4.16. The van der Waals surface area contributed by atoms with E-state index < -0.39 is 0 Å². The quantitative estimate of drug-likeness (QED) is 0.844. The molecule has 0 spiro atoms. The highest BCUT2D eigenvalue weighted by molar-refractivity contribution is 5.93. The number of aromatic nitrogens is 3. The number of ether oxygens (including phenoxy) is 2. The van der Waals surface area contributed by atoms with Crippen LogP contribution in [0, 0.1) is 6.92 Å². The van der Waals surface area contributed by atoms with Crippen molar-refractivity contribution < 1.29 is 14.3 Å². The number of hydrogen-bond donors (Lipinski definition) is 0. The van der Waals surface area contributed by atoms with Crippen LogP contribution in [-0.2, 0) is 4.74 Å². The first kappa shape index (κ1) is 15.4. The predicted octanol–water partition coefficient (Wildman–Crippen LogP) is 1.10. The van der Waals surface area contributed by atoms with Crippen molar-refractivity contribution >= 4 is 5.91 Å². The van der Waals surface area contributed by atoms with Gasteiger partial charge in [0.05, 0.1) is 25.3 Å². The van der Waals surface area contributed by atoms with Crippen molar-refractivity contribution in [1.29, 1.82) is 0 Å². The van der Waals surface area contributed by atoms with E-state index in [-0.39, 0.29) is 12.0 Å². The Kier molecular flexibility index (Phi) is 4.77. The number of hydrogen-bond acceptors (Lipinski definition) is 6. The molecule has 7 nitrogen and oxygen atoms in total. The van der Waals surface area contributed by atoms with E-state index >= 15 is 0 Å². The van der Waals surface area contributed by atoms with Gasteiger partial charge < -0.3 is 14.4 Å². The maximum Gasteiger partial charge on any atom is 0.257 e. The third-order valence-electron chi connectivity index (χ3n) is 3.48. The highest BCUT2D eigenvalue weighted by Gasteiger charge is 2.25. The fourth-order valence-corrected chi connectivity index (χ4v) is 2.38. The van der Waals surface area contributed by atoms with Crippen LogP contribution in [-0.4, -0.2) is 58.2 Å². The van der Waals surface area contributed by atoms with E-state index in [0.717, 1.165) is 5.69 Å². The first-order valence-corrected chi connectivity index (χ1v) is 7.45. The summed E-state index contributed by atoms with van der Waals surface area (Å²) in [6, 6.07) is 5.59. The van der Waals surface area contributed by atoms with Crippen molar-refractivity contribution in [3.05, 3.63) is 48.2 Å². The minimum atomic E-state index is -0.264. The van der Waals surface area contributed by atoms with Gasteiger partial charge in [0.15, 0.2) is 0 Å². The van der Waals surface area contributed by atoms with Gasteiger partial charge in [0.25, 0.3) is 5.91 Å². The smallest absolute Gasteiger partial charge is 0.257 e. The zero-order valence-corrected chi connectivity index (χ0v) is 12.9. The Morgan fingerprint density at radius 1 is 1.35 bits per heavy atom. The minimum absolute atomic E-state index is 0.123. The molecule has 0 aliphatic carbocycles. The van der Waals surface area contributed by atoms with Gasteiger partial charge in [-0.1, -0.05) is 6.07 Å². The van der Waals surface area contributed by atoms with Crippen LogP contribution in [0.15, 0.2) is 36.9 Å². The van der Waals surface area contributed by atoms with Gasteiger partial charge in [0.1, 0.15) is 12.4 Å². The lowest BCUT2D eigenvalue weighted by molar-refractivity contribution is 0.0632. The van der Waals surface area contributed by atoms with E-state index in [2.05, 4.69) is 15.0 Å². The SMILES string of the molecule is Cc1cccc(O[C@H]2COCCN(C(=O)c3cncnc3)C2)n1. The van der Waals surface area contributed by atoms with Crippen LogP contribution >= 0.6 is 0 Å². The van der Waals surface area contributed by atoms with Crippen LogP contribution in [0.25, 0.3) is 0 Å². The molecule has 2 aromatic heterocycles. The molecule has 0 N–H and O–H groups in total. The fraction of sp³-hybridized carbons (Fsp3) is 0.375.